The van der Waals surface area contributed by atoms with Gasteiger partial charge in [0.25, 0.3) is 0 Å². The molecule has 0 N–H and O–H groups in total. The quantitative estimate of drug-likeness (QED) is 0.675. The summed E-state index contributed by atoms with van der Waals surface area (Å²) >= 11 is 6.08. The van der Waals surface area contributed by atoms with Crippen molar-refractivity contribution in [3.8, 4) is 16.9 Å². The lowest BCUT2D eigenvalue weighted by Crippen LogP contribution is -2.05. The van der Waals surface area contributed by atoms with Gasteiger partial charge in [-0.25, -0.2) is 9.67 Å². The van der Waals surface area contributed by atoms with E-state index in [1.165, 1.54) is 0 Å². The van der Waals surface area contributed by atoms with Gasteiger partial charge in [-0.15, -0.1) is 11.6 Å². The van der Waals surface area contributed by atoms with Crippen LogP contribution in [0.25, 0.3) is 16.9 Å². The van der Waals surface area contributed by atoms with E-state index in [1.54, 1.807) is 4.68 Å². The first-order chi connectivity index (χ1) is 10.2. The molecule has 21 heavy (non-hydrogen) atoms. The summed E-state index contributed by atoms with van der Waals surface area (Å²) in [5.41, 5.74) is 5.33. The predicted octanol–water partition coefficient (Wildman–Crippen LogP) is 4.29. The molecule has 0 amide bonds. The Morgan fingerprint density at radius 3 is 2.57 bits per heavy atom. The number of benzene rings is 1. The van der Waals surface area contributed by atoms with Crippen LogP contribution >= 0.6 is 11.6 Å². The van der Waals surface area contributed by atoms with E-state index < -0.39 is 0 Å². The standard InChI is InChI=1S/C17H16ClN3/c1-12-8-13(2)20-17(16(12)9-18)21-11-15(10-19-21)14-6-4-3-5-7-14/h3-8,10-11H,9H2,1-2H3. The molecule has 2 heterocycles. The van der Waals surface area contributed by atoms with E-state index in [-0.39, 0.29) is 0 Å². The van der Waals surface area contributed by atoms with Gasteiger partial charge in [-0.2, -0.15) is 5.10 Å². The molecule has 3 rings (SSSR count). The predicted molar refractivity (Wildman–Crippen MR) is 85.8 cm³/mol. The van der Waals surface area contributed by atoms with E-state index in [1.807, 2.05) is 43.6 Å². The highest BCUT2D eigenvalue weighted by molar-refractivity contribution is 6.17. The number of hydrogen-bond donors (Lipinski definition) is 0. The van der Waals surface area contributed by atoms with Crippen molar-refractivity contribution >= 4 is 11.6 Å². The molecule has 3 aromatic rings. The van der Waals surface area contributed by atoms with Gasteiger partial charge in [0.05, 0.1) is 12.1 Å². The first kappa shape index (κ1) is 13.8. The monoisotopic (exact) mass is 297 g/mol. The largest absolute Gasteiger partial charge is 0.234 e. The Morgan fingerprint density at radius 2 is 1.86 bits per heavy atom. The van der Waals surface area contributed by atoms with Crippen molar-refractivity contribution in [2.75, 3.05) is 0 Å². The maximum Gasteiger partial charge on any atom is 0.158 e. The molecule has 1 aromatic carbocycles. The van der Waals surface area contributed by atoms with Gasteiger partial charge in [-0.05, 0) is 31.0 Å². The van der Waals surface area contributed by atoms with Gasteiger partial charge in [0, 0.05) is 23.0 Å². The van der Waals surface area contributed by atoms with E-state index in [9.17, 15) is 0 Å². The topological polar surface area (TPSA) is 30.7 Å². The molecule has 3 nitrogen and oxygen atoms in total. The van der Waals surface area contributed by atoms with Crippen LogP contribution in [0.15, 0.2) is 48.8 Å². The van der Waals surface area contributed by atoms with Gasteiger partial charge >= 0.3 is 0 Å². The number of pyridine rings is 1. The zero-order chi connectivity index (χ0) is 14.8. The van der Waals surface area contributed by atoms with Gasteiger partial charge < -0.3 is 0 Å². The molecule has 0 unspecified atom stereocenters. The van der Waals surface area contributed by atoms with Crippen molar-refractivity contribution in [1.29, 1.82) is 0 Å². The second kappa shape index (κ2) is 5.70. The maximum atomic E-state index is 6.08. The van der Waals surface area contributed by atoms with Crippen LogP contribution in [0.2, 0.25) is 0 Å². The molecule has 0 radical (unpaired) electrons. The highest BCUT2D eigenvalue weighted by atomic mass is 35.5. The number of alkyl halides is 1. The molecule has 4 heteroatoms. The Labute approximate surface area is 129 Å². The van der Waals surface area contributed by atoms with E-state index in [0.717, 1.165) is 33.8 Å². The van der Waals surface area contributed by atoms with E-state index in [4.69, 9.17) is 11.6 Å². The highest BCUT2D eigenvalue weighted by Crippen LogP contribution is 2.23. The Balaban J connectivity index is 2.09. The van der Waals surface area contributed by atoms with Crippen LogP contribution in [0.3, 0.4) is 0 Å². The SMILES string of the molecule is Cc1cc(C)c(CCl)c(-n2cc(-c3ccccc3)cn2)n1. The van der Waals surface area contributed by atoms with E-state index in [0.29, 0.717) is 5.88 Å². The number of nitrogens with zero attached hydrogens (tertiary/aromatic N) is 3. The van der Waals surface area contributed by atoms with Crippen molar-refractivity contribution in [3.63, 3.8) is 0 Å². The Hall–Kier alpha value is -2.13. The van der Waals surface area contributed by atoms with Gasteiger partial charge in [0.2, 0.25) is 0 Å². The van der Waals surface area contributed by atoms with Crippen molar-refractivity contribution in [2.45, 2.75) is 19.7 Å². The van der Waals surface area contributed by atoms with Crippen molar-refractivity contribution in [2.24, 2.45) is 0 Å². The van der Waals surface area contributed by atoms with Crippen LogP contribution in [0, 0.1) is 13.8 Å². The number of rotatable bonds is 3. The summed E-state index contributed by atoms with van der Waals surface area (Å²) in [6, 6.07) is 12.2. The summed E-state index contributed by atoms with van der Waals surface area (Å²) in [6.07, 6.45) is 3.85. The van der Waals surface area contributed by atoms with E-state index in [2.05, 4.69) is 29.1 Å². The fourth-order valence-electron chi connectivity index (χ4n) is 2.42. The van der Waals surface area contributed by atoms with Gasteiger partial charge in [0.15, 0.2) is 5.82 Å². The van der Waals surface area contributed by atoms with Crippen LogP contribution in [-0.4, -0.2) is 14.8 Å². The summed E-state index contributed by atoms with van der Waals surface area (Å²) in [4.78, 5) is 4.60. The zero-order valence-corrected chi connectivity index (χ0v) is 12.8. The number of halogens is 1. The molecule has 0 aliphatic rings. The van der Waals surface area contributed by atoms with Crippen LogP contribution in [0.4, 0.5) is 0 Å². The Bertz CT molecular complexity index is 763. The lowest BCUT2D eigenvalue weighted by Gasteiger charge is -2.10. The second-order valence-corrected chi connectivity index (χ2v) is 5.32. The highest BCUT2D eigenvalue weighted by Gasteiger charge is 2.11. The molecule has 0 aliphatic heterocycles. The minimum absolute atomic E-state index is 0.426. The Kier molecular flexibility index (Phi) is 3.76. The lowest BCUT2D eigenvalue weighted by atomic mass is 10.1. The average molecular weight is 298 g/mol. The fraction of sp³-hybridized carbons (Fsp3) is 0.176. The zero-order valence-electron chi connectivity index (χ0n) is 12.0. The van der Waals surface area contributed by atoms with Crippen molar-refractivity contribution < 1.29 is 0 Å². The van der Waals surface area contributed by atoms with Crippen molar-refractivity contribution in [3.05, 3.63) is 65.6 Å². The molecule has 0 bridgehead atoms. The third kappa shape index (κ3) is 2.69. The summed E-state index contributed by atoms with van der Waals surface area (Å²) in [5, 5.41) is 4.45. The maximum absolute atomic E-state index is 6.08. The van der Waals surface area contributed by atoms with Crippen LogP contribution in [0.5, 0.6) is 0 Å². The number of aryl methyl sites for hydroxylation is 2. The van der Waals surface area contributed by atoms with Crippen LogP contribution < -0.4 is 0 Å². The normalized spacial score (nSPS) is 10.8. The van der Waals surface area contributed by atoms with E-state index >= 15 is 0 Å². The van der Waals surface area contributed by atoms with Gasteiger partial charge in [-0.1, -0.05) is 30.3 Å². The first-order valence-electron chi connectivity index (χ1n) is 6.82. The third-order valence-corrected chi connectivity index (χ3v) is 3.76. The van der Waals surface area contributed by atoms with Gasteiger partial charge in [-0.3, -0.25) is 0 Å². The molecular weight excluding hydrogens is 282 g/mol. The first-order valence-corrected chi connectivity index (χ1v) is 7.36. The van der Waals surface area contributed by atoms with Gasteiger partial charge in [0.1, 0.15) is 0 Å². The molecule has 0 aliphatic carbocycles. The minimum Gasteiger partial charge on any atom is -0.234 e. The molecular formula is C17H16ClN3. The molecule has 0 saturated carbocycles. The summed E-state index contributed by atoms with van der Waals surface area (Å²) in [5.74, 6) is 1.24. The minimum atomic E-state index is 0.426. The van der Waals surface area contributed by atoms with Crippen molar-refractivity contribution in [1.82, 2.24) is 14.8 Å². The summed E-state index contributed by atoms with van der Waals surface area (Å²) < 4.78 is 1.81. The lowest BCUT2D eigenvalue weighted by molar-refractivity contribution is 0.826. The molecule has 0 saturated heterocycles. The molecule has 106 valence electrons. The smallest absolute Gasteiger partial charge is 0.158 e. The van der Waals surface area contributed by atoms with Crippen LogP contribution in [0.1, 0.15) is 16.8 Å². The molecule has 0 fully saturated rings. The summed E-state index contributed by atoms with van der Waals surface area (Å²) in [6.45, 7) is 4.04. The average Bonchev–Trinajstić information content (AvgIpc) is 2.97. The number of hydrogen-bond acceptors (Lipinski definition) is 2. The summed E-state index contributed by atoms with van der Waals surface area (Å²) in [7, 11) is 0. The Morgan fingerprint density at radius 1 is 1.10 bits per heavy atom. The van der Waals surface area contributed by atoms with Crippen LogP contribution in [-0.2, 0) is 5.88 Å². The number of aromatic nitrogens is 3. The molecule has 0 spiro atoms. The fourth-order valence-corrected chi connectivity index (χ4v) is 2.75. The second-order valence-electron chi connectivity index (χ2n) is 5.06. The molecule has 2 aromatic heterocycles. The third-order valence-electron chi connectivity index (χ3n) is 3.49. The molecule has 0 atom stereocenters.